The van der Waals surface area contributed by atoms with E-state index in [-0.39, 0.29) is 6.54 Å². The average molecular weight is 416 g/mol. The summed E-state index contributed by atoms with van der Waals surface area (Å²) in [5.41, 5.74) is 3.42. The van der Waals surface area contributed by atoms with Crippen LogP contribution in [0, 0.1) is 0 Å². The third kappa shape index (κ3) is 3.68. The molecule has 0 fully saturated rings. The fourth-order valence-corrected chi connectivity index (χ4v) is 3.30. The molecule has 3 N–H and O–H groups in total. The number of hydrogen-bond donors (Lipinski definition) is 2. The van der Waals surface area contributed by atoms with Crippen LogP contribution in [0.2, 0.25) is 0 Å². The van der Waals surface area contributed by atoms with Crippen LogP contribution in [-0.2, 0) is 16.8 Å². The van der Waals surface area contributed by atoms with Crippen molar-refractivity contribution in [3.8, 4) is 17.2 Å². The monoisotopic (exact) mass is 416 g/mol. The fraction of sp³-hybridized carbons (Fsp3) is 0.176. The lowest BCUT2D eigenvalue weighted by molar-refractivity contribution is -0.577. The molecule has 0 aliphatic carbocycles. The Bertz CT molecular complexity index is 1300. The van der Waals surface area contributed by atoms with Crippen molar-refractivity contribution in [2.45, 2.75) is 6.54 Å². The first-order valence-corrected chi connectivity index (χ1v) is 9.99. The van der Waals surface area contributed by atoms with Gasteiger partial charge in [0, 0.05) is 18.7 Å². The summed E-state index contributed by atoms with van der Waals surface area (Å²) in [4.78, 5) is 6.03. The summed E-state index contributed by atoms with van der Waals surface area (Å²) in [5.74, 6) is 1.12. The molecule has 150 valence electrons. The van der Waals surface area contributed by atoms with E-state index in [2.05, 4.69) is 20.0 Å². The van der Waals surface area contributed by atoms with E-state index in [1.54, 1.807) is 66.1 Å². The zero-order valence-electron chi connectivity index (χ0n) is 15.6. The maximum absolute atomic E-state index is 11.0. The summed E-state index contributed by atoms with van der Waals surface area (Å²) in [6.07, 6.45) is 1.61. The standard InChI is InChI=1S/C17H18N7O4S/c1-27-15-7-13-14(8-16(15)28-2)23-17(10-19-13)21-22-24(23)12-5-3-11(4-6-12)9-20-29(18,25)26/h3-8,10,20H,9H2,1-2H3,(H2,18,25,26)/q+1. The molecular formula is C17H18N7O4S+. The largest absolute Gasteiger partial charge is 0.493 e. The molecule has 0 amide bonds. The van der Waals surface area contributed by atoms with Gasteiger partial charge in [-0.25, -0.2) is 10.1 Å². The van der Waals surface area contributed by atoms with Crippen molar-refractivity contribution in [3.63, 3.8) is 0 Å². The molecule has 4 rings (SSSR count). The second kappa shape index (κ2) is 7.24. The maximum Gasteiger partial charge on any atom is 0.348 e. The van der Waals surface area contributed by atoms with Gasteiger partial charge in [0.25, 0.3) is 10.2 Å². The van der Waals surface area contributed by atoms with Gasteiger partial charge >= 0.3 is 5.65 Å². The van der Waals surface area contributed by atoms with Gasteiger partial charge in [0.15, 0.2) is 22.2 Å². The lowest BCUT2D eigenvalue weighted by Gasteiger charge is -2.08. The van der Waals surface area contributed by atoms with Gasteiger partial charge in [-0.2, -0.15) is 13.1 Å². The highest BCUT2D eigenvalue weighted by Gasteiger charge is 2.20. The van der Waals surface area contributed by atoms with E-state index in [0.717, 1.165) is 16.8 Å². The Morgan fingerprint density at radius 1 is 1.14 bits per heavy atom. The zero-order valence-corrected chi connectivity index (χ0v) is 16.4. The predicted molar refractivity (Wildman–Crippen MR) is 103 cm³/mol. The van der Waals surface area contributed by atoms with Crippen molar-refractivity contribution >= 4 is 26.9 Å². The third-order valence-corrected chi connectivity index (χ3v) is 4.86. The number of rotatable bonds is 6. The zero-order chi connectivity index (χ0) is 20.6. The number of methoxy groups -OCH3 is 2. The molecule has 2 aromatic carbocycles. The quantitative estimate of drug-likeness (QED) is 0.417. The minimum atomic E-state index is -3.75. The van der Waals surface area contributed by atoms with Crippen LogP contribution < -0.4 is 23.9 Å². The molecule has 0 saturated carbocycles. The highest BCUT2D eigenvalue weighted by Crippen LogP contribution is 2.30. The van der Waals surface area contributed by atoms with Gasteiger partial charge in [0.05, 0.1) is 14.2 Å². The number of fused-ring (bicyclic) bond motifs is 3. The van der Waals surface area contributed by atoms with Crippen LogP contribution in [0.15, 0.2) is 42.6 Å². The summed E-state index contributed by atoms with van der Waals surface area (Å²) < 4.78 is 36.9. The van der Waals surface area contributed by atoms with E-state index in [1.165, 1.54) is 0 Å². The highest BCUT2D eigenvalue weighted by molar-refractivity contribution is 7.87. The Balaban J connectivity index is 1.81. The Morgan fingerprint density at radius 3 is 2.48 bits per heavy atom. The minimum Gasteiger partial charge on any atom is -0.493 e. The van der Waals surface area contributed by atoms with Gasteiger partial charge in [-0.05, 0) is 22.5 Å². The molecule has 0 unspecified atom stereocenters. The van der Waals surface area contributed by atoms with Gasteiger partial charge in [-0.3, -0.25) is 0 Å². The van der Waals surface area contributed by atoms with Crippen molar-refractivity contribution < 1.29 is 22.4 Å². The molecule has 11 nitrogen and oxygen atoms in total. The topological polar surface area (TPSA) is 138 Å². The summed E-state index contributed by atoms with van der Waals surface area (Å²) >= 11 is 0. The molecule has 0 aliphatic rings. The molecule has 0 aliphatic heterocycles. The normalized spacial score (nSPS) is 11.8. The van der Waals surface area contributed by atoms with Gasteiger partial charge in [0.2, 0.25) is 0 Å². The second-order valence-corrected chi connectivity index (χ2v) is 7.51. The lowest BCUT2D eigenvalue weighted by atomic mass is 10.2. The number of nitrogens with two attached hydrogens (primary N) is 1. The molecule has 0 atom stereocenters. The number of nitrogens with one attached hydrogen (secondary N) is 1. The summed E-state index contributed by atoms with van der Waals surface area (Å²) in [6, 6.07) is 10.7. The maximum atomic E-state index is 11.0. The van der Waals surface area contributed by atoms with E-state index in [9.17, 15) is 8.42 Å². The molecule has 0 saturated heterocycles. The number of hydrogen-bond acceptors (Lipinski definition) is 7. The number of tetrazole rings is 1. The number of aromatic nitrogens is 5. The second-order valence-electron chi connectivity index (χ2n) is 6.14. The van der Waals surface area contributed by atoms with Crippen LogP contribution in [0.25, 0.3) is 22.4 Å². The first kappa shape index (κ1) is 19.0. The lowest BCUT2D eigenvalue weighted by Crippen LogP contribution is -2.34. The molecule has 2 aromatic heterocycles. The van der Waals surface area contributed by atoms with Crippen LogP contribution >= 0.6 is 0 Å². The van der Waals surface area contributed by atoms with Crippen LogP contribution in [0.5, 0.6) is 11.5 Å². The van der Waals surface area contributed by atoms with Crippen molar-refractivity contribution in [2.24, 2.45) is 5.14 Å². The molecule has 0 spiro atoms. The summed E-state index contributed by atoms with van der Waals surface area (Å²) in [5, 5.41) is 13.3. The smallest absolute Gasteiger partial charge is 0.348 e. The van der Waals surface area contributed by atoms with Crippen LogP contribution in [0.4, 0.5) is 0 Å². The molecule has 0 bridgehead atoms. The van der Waals surface area contributed by atoms with E-state index in [1.807, 2.05) is 0 Å². The van der Waals surface area contributed by atoms with E-state index >= 15 is 0 Å². The molecule has 4 aromatic rings. The molecule has 29 heavy (non-hydrogen) atoms. The predicted octanol–water partition coefficient (Wildman–Crippen LogP) is -0.135. The highest BCUT2D eigenvalue weighted by atomic mass is 32.2. The van der Waals surface area contributed by atoms with Gasteiger partial charge in [-0.1, -0.05) is 12.1 Å². The Hall–Kier alpha value is -3.35. The minimum absolute atomic E-state index is 0.0915. The van der Waals surface area contributed by atoms with E-state index in [0.29, 0.717) is 22.7 Å². The molecule has 2 heterocycles. The first-order chi connectivity index (χ1) is 13.9. The van der Waals surface area contributed by atoms with E-state index < -0.39 is 10.2 Å². The Labute approximate surface area is 165 Å². The Morgan fingerprint density at radius 2 is 1.83 bits per heavy atom. The van der Waals surface area contributed by atoms with Crippen molar-refractivity contribution in [1.82, 2.24) is 24.8 Å². The van der Waals surface area contributed by atoms with Crippen LogP contribution in [0.3, 0.4) is 0 Å². The number of benzene rings is 2. The average Bonchev–Trinajstić information content (AvgIpc) is 3.15. The molecule has 0 radical (unpaired) electrons. The molecular weight excluding hydrogens is 398 g/mol. The van der Waals surface area contributed by atoms with Crippen molar-refractivity contribution in [2.75, 3.05) is 14.2 Å². The summed E-state index contributed by atoms with van der Waals surface area (Å²) in [6.45, 7) is 0.0915. The van der Waals surface area contributed by atoms with Crippen LogP contribution in [0.1, 0.15) is 5.56 Å². The van der Waals surface area contributed by atoms with Crippen molar-refractivity contribution in [1.29, 1.82) is 0 Å². The number of nitrogens with zero attached hydrogens (tertiary/aromatic N) is 5. The number of ether oxygens (including phenoxy) is 2. The van der Waals surface area contributed by atoms with E-state index in [4.69, 9.17) is 14.6 Å². The van der Waals surface area contributed by atoms with Crippen LogP contribution in [-0.4, -0.2) is 42.7 Å². The summed E-state index contributed by atoms with van der Waals surface area (Å²) in [7, 11) is -0.628. The fourth-order valence-electron chi connectivity index (χ4n) is 2.93. The van der Waals surface area contributed by atoms with Gasteiger partial charge < -0.3 is 9.47 Å². The molecule has 12 heteroatoms. The van der Waals surface area contributed by atoms with Gasteiger partial charge in [-0.15, -0.1) is 4.52 Å². The third-order valence-electron chi connectivity index (χ3n) is 4.31. The SMILES string of the molecule is COc1cc2ncc3nnn(-c4ccc(CNS(N)(=O)=O)cc4)[n+]3c2cc1OC. The Kier molecular flexibility index (Phi) is 4.74. The first-order valence-electron chi connectivity index (χ1n) is 8.45. The van der Waals surface area contributed by atoms with Crippen molar-refractivity contribution in [3.05, 3.63) is 48.2 Å². The van der Waals surface area contributed by atoms with Gasteiger partial charge in [0.1, 0.15) is 22.5 Å².